The highest BCUT2D eigenvalue weighted by Crippen LogP contribution is 2.46. The summed E-state index contributed by atoms with van der Waals surface area (Å²) < 4.78 is 7.11. The lowest BCUT2D eigenvalue weighted by atomic mass is 9.80. The van der Waals surface area contributed by atoms with E-state index in [2.05, 4.69) is 4.98 Å². The minimum atomic E-state index is -1.82. The van der Waals surface area contributed by atoms with Crippen LogP contribution in [0.3, 0.4) is 0 Å². The molecule has 1 amide bonds. The maximum Gasteiger partial charge on any atom is 0.475 e. The summed E-state index contributed by atoms with van der Waals surface area (Å²) in [6.45, 7) is 0. The van der Waals surface area contributed by atoms with Gasteiger partial charge < -0.3 is 14.4 Å². The van der Waals surface area contributed by atoms with Crippen LogP contribution < -0.4 is 4.65 Å². The lowest BCUT2D eigenvalue weighted by molar-refractivity contribution is -0.192. The van der Waals surface area contributed by atoms with Crippen LogP contribution in [0, 0.1) is 0 Å². The van der Waals surface area contributed by atoms with Crippen molar-refractivity contribution in [3.63, 3.8) is 0 Å². The fourth-order valence-corrected chi connectivity index (χ4v) is 5.48. The van der Waals surface area contributed by atoms with Crippen LogP contribution in [0.1, 0.15) is 27.9 Å². The molecule has 1 aromatic heterocycles. The van der Waals surface area contributed by atoms with Gasteiger partial charge in [0.15, 0.2) is 11.3 Å². The summed E-state index contributed by atoms with van der Waals surface area (Å²) in [6, 6.07) is 19.4. The fraction of sp³-hybridized carbons (Fsp3) is 0.133. The van der Waals surface area contributed by atoms with Crippen molar-refractivity contribution in [2.75, 3.05) is 14.2 Å². The molecule has 11 heteroatoms. The molecule has 208 valence electrons. The fourth-order valence-electron chi connectivity index (χ4n) is 5.16. The van der Waals surface area contributed by atoms with E-state index in [0.717, 1.165) is 5.56 Å². The van der Waals surface area contributed by atoms with Crippen LogP contribution in [0.25, 0.3) is 5.57 Å². The van der Waals surface area contributed by atoms with E-state index in [1.807, 2.05) is 29.8 Å². The van der Waals surface area contributed by atoms with Gasteiger partial charge in [-0.05, 0) is 57.7 Å². The number of hydroxylamine groups is 2. The number of carbonyl (C=O) groups is 3. The number of halogens is 2. The molecule has 0 saturated carbocycles. The number of carbonyl (C=O) groups excluding carboxylic acids is 2. The lowest BCUT2D eigenvalue weighted by Gasteiger charge is -2.36. The van der Waals surface area contributed by atoms with Crippen molar-refractivity contribution in [2.24, 2.45) is 7.05 Å². The topological polar surface area (TPSA) is 108 Å². The Balaban J connectivity index is 1.82. The number of hydrogen-bond donors (Lipinski definition) is 1. The molecule has 2 unspecified atom stereocenters. The van der Waals surface area contributed by atoms with E-state index in [1.165, 1.54) is 13.1 Å². The number of methoxy groups -OCH3 is 1. The van der Waals surface area contributed by atoms with Crippen LogP contribution >= 0.6 is 23.2 Å². The second kappa shape index (κ2) is 10.6. The molecule has 0 radical (unpaired) electrons. The number of carboxylic acids is 1. The largest absolute Gasteiger partial charge is 0.475 e. The second-order valence-electron chi connectivity index (χ2n) is 9.53. The SMILES string of the molecule is COC(c1ccc(Cl)cc1)(c1ccc2c(c1)C(c1cccc(Cl)c1)=CC(=O)[N+]2(C)OC(=O)C(=O)O)c1cncn1C. The summed E-state index contributed by atoms with van der Waals surface area (Å²) in [6.07, 6.45) is 4.67. The molecule has 0 saturated heterocycles. The Hall–Kier alpha value is -4.28. The average Bonchev–Trinajstić information content (AvgIpc) is 3.38. The monoisotopic (exact) mass is 592 g/mol. The van der Waals surface area contributed by atoms with E-state index < -0.39 is 28.1 Å². The van der Waals surface area contributed by atoms with Gasteiger partial charge in [-0.2, -0.15) is 0 Å². The first kappa shape index (κ1) is 28.3. The quantitative estimate of drug-likeness (QED) is 0.244. The van der Waals surface area contributed by atoms with E-state index in [-0.39, 0.29) is 5.69 Å². The summed E-state index contributed by atoms with van der Waals surface area (Å²) in [5.41, 5.74) is 2.81. The van der Waals surface area contributed by atoms with Crippen LogP contribution in [-0.2, 0) is 36.6 Å². The molecule has 0 aliphatic carbocycles. The molecule has 1 aliphatic heterocycles. The van der Waals surface area contributed by atoms with Crippen LogP contribution in [0.5, 0.6) is 0 Å². The molecule has 2 heterocycles. The number of rotatable bonds is 6. The molecular formula is C30H24Cl2N3O6+. The standard InChI is InChI=1S/C30H23Cl2N3O6/c1-34-17-33-16-26(34)30(40-3,19-7-10-21(31)11-8-19)20-9-12-25-24(14-20)23(18-5-4-6-22(32)13-18)15-27(36)35(25,2)41-29(39)28(37)38/h4-17H,1-3H3/p+1. The van der Waals surface area contributed by atoms with E-state index in [9.17, 15) is 19.5 Å². The van der Waals surface area contributed by atoms with Crippen molar-refractivity contribution in [2.45, 2.75) is 5.60 Å². The zero-order valence-electron chi connectivity index (χ0n) is 22.2. The summed E-state index contributed by atoms with van der Waals surface area (Å²) in [4.78, 5) is 46.6. The summed E-state index contributed by atoms with van der Waals surface area (Å²) in [5.74, 6) is -4.05. The van der Waals surface area contributed by atoms with Crippen molar-refractivity contribution in [3.05, 3.63) is 123 Å². The smallest absolute Gasteiger partial charge is 0.473 e. The minimum Gasteiger partial charge on any atom is -0.473 e. The van der Waals surface area contributed by atoms with Gasteiger partial charge in [0.1, 0.15) is 7.05 Å². The number of carboxylic acid groups (broad SMARTS) is 1. The van der Waals surface area contributed by atoms with Gasteiger partial charge in [0.25, 0.3) is 0 Å². The molecule has 0 bridgehead atoms. The summed E-state index contributed by atoms with van der Waals surface area (Å²) >= 11 is 12.5. The highest BCUT2D eigenvalue weighted by molar-refractivity contribution is 6.31. The first-order valence-corrected chi connectivity index (χ1v) is 13.1. The molecule has 5 rings (SSSR count). The molecule has 3 aromatic carbocycles. The number of amides is 1. The Morgan fingerprint density at radius 2 is 1.71 bits per heavy atom. The molecule has 0 fully saturated rings. The number of imidazole rings is 1. The highest BCUT2D eigenvalue weighted by atomic mass is 35.5. The average molecular weight is 593 g/mol. The Kier molecular flexibility index (Phi) is 7.31. The van der Waals surface area contributed by atoms with Crippen molar-refractivity contribution in [3.8, 4) is 0 Å². The number of benzene rings is 3. The van der Waals surface area contributed by atoms with Gasteiger partial charge in [0.05, 0.1) is 24.3 Å². The number of aliphatic carboxylic acids is 1. The lowest BCUT2D eigenvalue weighted by Crippen LogP contribution is -2.54. The third-order valence-electron chi connectivity index (χ3n) is 7.15. The van der Waals surface area contributed by atoms with Crippen molar-refractivity contribution in [1.29, 1.82) is 0 Å². The molecule has 1 aliphatic rings. The Morgan fingerprint density at radius 3 is 2.32 bits per heavy atom. The van der Waals surface area contributed by atoms with Gasteiger partial charge >= 0.3 is 17.8 Å². The zero-order valence-corrected chi connectivity index (χ0v) is 23.7. The summed E-state index contributed by atoms with van der Waals surface area (Å²) in [5, 5.41) is 10.2. The zero-order chi connectivity index (χ0) is 29.5. The van der Waals surface area contributed by atoms with Crippen LogP contribution in [0.4, 0.5) is 5.69 Å². The third kappa shape index (κ3) is 4.72. The number of aryl methyl sites for hydroxylation is 1. The van der Waals surface area contributed by atoms with E-state index in [0.29, 0.717) is 38.0 Å². The number of quaternary nitrogens is 1. The van der Waals surface area contributed by atoms with Gasteiger partial charge in [-0.3, -0.25) is 4.84 Å². The number of hydrogen-bond acceptors (Lipinski definition) is 6. The number of nitrogens with zero attached hydrogens (tertiary/aromatic N) is 3. The minimum absolute atomic E-state index is 0.247. The molecule has 0 spiro atoms. The van der Waals surface area contributed by atoms with Gasteiger partial charge in [-0.1, -0.05) is 47.5 Å². The van der Waals surface area contributed by atoms with E-state index >= 15 is 0 Å². The van der Waals surface area contributed by atoms with Crippen molar-refractivity contribution >= 4 is 52.3 Å². The molecule has 4 aromatic rings. The number of likely N-dealkylation sites (N-methyl/N-ethyl adjacent to an activating group) is 1. The predicted molar refractivity (Wildman–Crippen MR) is 153 cm³/mol. The maximum absolute atomic E-state index is 13.5. The van der Waals surface area contributed by atoms with Crippen LogP contribution in [0.15, 0.2) is 85.3 Å². The van der Waals surface area contributed by atoms with Crippen molar-refractivity contribution < 1.29 is 29.1 Å². The van der Waals surface area contributed by atoms with Gasteiger partial charge in [-0.15, -0.1) is 0 Å². The van der Waals surface area contributed by atoms with E-state index in [1.54, 1.807) is 68.2 Å². The Bertz CT molecular complexity index is 1730. The number of aromatic nitrogens is 2. The normalized spacial score (nSPS) is 17.8. The summed E-state index contributed by atoms with van der Waals surface area (Å²) in [7, 11) is 4.74. The van der Waals surface area contributed by atoms with Crippen molar-refractivity contribution in [1.82, 2.24) is 14.2 Å². The van der Waals surface area contributed by atoms with Gasteiger partial charge in [-0.25, -0.2) is 19.4 Å². The number of ether oxygens (including phenoxy) is 1. The van der Waals surface area contributed by atoms with Gasteiger partial charge in [0.2, 0.25) is 0 Å². The predicted octanol–water partition coefficient (Wildman–Crippen LogP) is 5.12. The van der Waals surface area contributed by atoms with Crippen LogP contribution in [-0.4, -0.2) is 46.7 Å². The highest BCUT2D eigenvalue weighted by Gasteiger charge is 2.48. The second-order valence-corrected chi connectivity index (χ2v) is 10.4. The Labute approximate surface area is 245 Å². The maximum atomic E-state index is 13.5. The molecule has 9 nitrogen and oxygen atoms in total. The third-order valence-corrected chi connectivity index (χ3v) is 7.64. The molecule has 2 atom stereocenters. The van der Waals surface area contributed by atoms with Gasteiger partial charge in [0, 0.05) is 41.4 Å². The van der Waals surface area contributed by atoms with E-state index in [4.69, 9.17) is 32.8 Å². The first-order chi connectivity index (χ1) is 19.5. The van der Waals surface area contributed by atoms with Crippen LogP contribution in [0.2, 0.25) is 10.0 Å². The molecular weight excluding hydrogens is 569 g/mol. The number of fused-ring (bicyclic) bond motifs is 1. The molecule has 41 heavy (non-hydrogen) atoms. The molecule has 1 N–H and O–H groups in total. The Morgan fingerprint density at radius 1 is 1.00 bits per heavy atom. The first-order valence-electron chi connectivity index (χ1n) is 12.3.